The molecule has 2 heterocycles. The number of benzene rings is 1. The van der Waals surface area contributed by atoms with Crippen molar-refractivity contribution in [1.29, 1.82) is 0 Å². The summed E-state index contributed by atoms with van der Waals surface area (Å²) in [7, 11) is 0. The number of nitrogens with one attached hydrogen (secondary N) is 1. The summed E-state index contributed by atoms with van der Waals surface area (Å²) in [5, 5.41) is 3.75. The van der Waals surface area contributed by atoms with Crippen LogP contribution in [0.15, 0.2) is 18.5 Å². The van der Waals surface area contributed by atoms with Crippen molar-refractivity contribution < 1.29 is 4.79 Å². The van der Waals surface area contributed by atoms with Gasteiger partial charge in [-0.1, -0.05) is 0 Å². The van der Waals surface area contributed by atoms with Crippen molar-refractivity contribution in [3.05, 3.63) is 29.6 Å². The Morgan fingerprint density at radius 2 is 2.05 bits per heavy atom. The van der Waals surface area contributed by atoms with Crippen LogP contribution in [0.1, 0.15) is 17.5 Å². The van der Waals surface area contributed by atoms with E-state index in [4.69, 9.17) is 5.73 Å². The van der Waals surface area contributed by atoms with Crippen molar-refractivity contribution in [3.63, 3.8) is 0 Å². The van der Waals surface area contributed by atoms with Crippen LogP contribution in [-0.2, 0) is 0 Å². The lowest BCUT2D eigenvalue weighted by atomic mass is 9.95. The fourth-order valence-corrected chi connectivity index (χ4v) is 2.88. The Morgan fingerprint density at radius 1 is 1.32 bits per heavy atom. The quantitative estimate of drug-likeness (QED) is 0.900. The summed E-state index contributed by atoms with van der Waals surface area (Å²) in [6.45, 7) is 6.76. The number of nitrogens with zero attached hydrogens (tertiary/aromatic N) is 3. The van der Waals surface area contributed by atoms with Crippen LogP contribution < -0.4 is 16.0 Å². The molecule has 0 atom stereocenters. The molecule has 3 N–H and O–H groups in total. The zero-order valence-electron chi connectivity index (χ0n) is 13.0. The summed E-state index contributed by atoms with van der Waals surface area (Å²) in [5.41, 5.74) is 8.56. The van der Waals surface area contributed by atoms with E-state index in [9.17, 15) is 4.79 Å². The van der Waals surface area contributed by atoms with Gasteiger partial charge in [-0.2, -0.15) is 0 Å². The van der Waals surface area contributed by atoms with E-state index in [1.165, 1.54) is 11.1 Å². The first kappa shape index (κ1) is 14.6. The molecular weight excluding hydrogens is 278 g/mol. The Labute approximate surface area is 129 Å². The van der Waals surface area contributed by atoms with Gasteiger partial charge in [0.25, 0.3) is 0 Å². The van der Waals surface area contributed by atoms with E-state index >= 15 is 0 Å². The summed E-state index contributed by atoms with van der Waals surface area (Å²) in [6, 6.07) is 3.83. The first-order valence-electron chi connectivity index (χ1n) is 7.55. The highest BCUT2D eigenvalue weighted by atomic mass is 16.2. The van der Waals surface area contributed by atoms with Gasteiger partial charge in [0.1, 0.15) is 12.1 Å². The minimum absolute atomic E-state index is 0.455. The predicted molar refractivity (Wildman–Crippen MR) is 86.9 cm³/mol. The molecule has 2 amide bonds. The monoisotopic (exact) mass is 299 g/mol. The smallest absolute Gasteiger partial charge is 0.312 e. The van der Waals surface area contributed by atoms with Gasteiger partial charge in [0.2, 0.25) is 0 Å². The average Bonchev–Trinajstić information content (AvgIpc) is 2.42. The minimum atomic E-state index is -0.455. The Balaban J connectivity index is 1.70. The number of fused-ring (bicyclic) bond motifs is 1. The van der Waals surface area contributed by atoms with Crippen LogP contribution in [0.4, 0.5) is 10.6 Å². The van der Waals surface area contributed by atoms with Gasteiger partial charge in [0.05, 0.1) is 5.52 Å². The molecule has 1 aliphatic rings. The van der Waals surface area contributed by atoms with Gasteiger partial charge < -0.3 is 16.0 Å². The number of urea groups is 1. The second-order valence-corrected chi connectivity index (χ2v) is 6.00. The molecule has 1 aliphatic heterocycles. The molecule has 0 saturated carbocycles. The van der Waals surface area contributed by atoms with Gasteiger partial charge in [0, 0.05) is 25.0 Å². The number of aryl methyl sites for hydroxylation is 2. The molecule has 1 aromatic carbocycles. The van der Waals surface area contributed by atoms with E-state index in [0.29, 0.717) is 12.5 Å². The Bertz CT molecular complexity index is 709. The van der Waals surface area contributed by atoms with E-state index in [2.05, 4.69) is 46.2 Å². The highest BCUT2D eigenvalue weighted by Gasteiger charge is 2.28. The van der Waals surface area contributed by atoms with Crippen molar-refractivity contribution in [2.45, 2.75) is 20.3 Å². The molecule has 0 bridgehead atoms. The molecule has 2 aromatic rings. The molecule has 0 spiro atoms. The van der Waals surface area contributed by atoms with Crippen molar-refractivity contribution in [3.8, 4) is 0 Å². The number of carbonyl (C=O) groups excluding carboxylic acids is 1. The summed E-state index contributed by atoms with van der Waals surface area (Å²) in [4.78, 5) is 21.8. The average molecular weight is 299 g/mol. The minimum Gasteiger partial charge on any atom is -0.355 e. The number of primary amides is 1. The largest absolute Gasteiger partial charge is 0.355 e. The third-order valence-electron chi connectivity index (χ3n) is 4.34. The zero-order chi connectivity index (χ0) is 15.7. The van der Waals surface area contributed by atoms with Gasteiger partial charge in [0.15, 0.2) is 0 Å². The number of carbonyl (C=O) groups is 1. The number of nitrogens with two attached hydrogens (primary N) is 1. The van der Waals surface area contributed by atoms with Gasteiger partial charge in [-0.15, -0.1) is 0 Å². The number of hydrogen-bond acceptors (Lipinski definition) is 4. The summed E-state index contributed by atoms with van der Waals surface area (Å²) >= 11 is 0. The highest BCUT2D eigenvalue weighted by Crippen LogP contribution is 2.31. The molecule has 22 heavy (non-hydrogen) atoms. The molecule has 0 radical (unpaired) electrons. The zero-order valence-corrected chi connectivity index (χ0v) is 13.0. The molecular formula is C16H21N5O. The molecule has 6 heteroatoms. The van der Waals surface area contributed by atoms with E-state index < -0.39 is 6.03 Å². The van der Waals surface area contributed by atoms with Crippen LogP contribution in [-0.4, -0.2) is 35.6 Å². The van der Waals surface area contributed by atoms with Crippen LogP contribution in [0.3, 0.4) is 0 Å². The standard InChI is InChI=1S/C16H21N5O/c1-10-5-13-14(6-11(10)2)19-9-20-15(13)21-7-12(8-21)3-4-18-16(17)22/h5-6,9,12H,3-4,7-8H2,1-2H3,(H3,17,18,22). The molecule has 3 rings (SSSR count). The van der Waals surface area contributed by atoms with Gasteiger partial charge in [-0.3, -0.25) is 0 Å². The predicted octanol–water partition coefficient (Wildman–Crippen LogP) is 1.74. The lowest BCUT2D eigenvalue weighted by Crippen LogP contribution is -2.48. The van der Waals surface area contributed by atoms with E-state index in [-0.39, 0.29) is 0 Å². The Kier molecular flexibility index (Phi) is 3.83. The SMILES string of the molecule is Cc1cc2ncnc(N3CC(CCNC(N)=O)C3)c2cc1C. The van der Waals surface area contributed by atoms with Crippen LogP contribution in [0, 0.1) is 19.8 Å². The number of anilines is 1. The second kappa shape index (κ2) is 5.79. The van der Waals surface area contributed by atoms with Crippen LogP contribution in [0.25, 0.3) is 10.9 Å². The molecule has 0 aliphatic carbocycles. The fourth-order valence-electron chi connectivity index (χ4n) is 2.88. The lowest BCUT2D eigenvalue weighted by Gasteiger charge is -2.40. The molecule has 0 unspecified atom stereocenters. The number of rotatable bonds is 4. The summed E-state index contributed by atoms with van der Waals surface area (Å²) < 4.78 is 0. The third kappa shape index (κ3) is 2.81. The molecule has 1 aromatic heterocycles. The number of hydrogen-bond donors (Lipinski definition) is 2. The lowest BCUT2D eigenvalue weighted by molar-refractivity contribution is 0.247. The van der Waals surface area contributed by atoms with E-state index in [0.717, 1.165) is 36.2 Å². The summed E-state index contributed by atoms with van der Waals surface area (Å²) in [6.07, 6.45) is 2.58. The van der Waals surface area contributed by atoms with E-state index in [1.807, 2.05) is 0 Å². The van der Waals surface area contributed by atoms with Crippen molar-refractivity contribution in [2.24, 2.45) is 11.7 Å². The first-order valence-corrected chi connectivity index (χ1v) is 7.55. The topological polar surface area (TPSA) is 84.1 Å². The third-order valence-corrected chi connectivity index (χ3v) is 4.34. The van der Waals surface area contributed by atoms with Crippen LogP contribution >= 0.6 is 0 Å². The van der Waals surface area contributed by atoms with Crippen molar-refractivity contribution in [2.75, 3.05) is 24.5 Å². The second-order valence-electron chi connectivity index (χ2n) is 6.00. The first-order chi connectivity index (χ1) is 10.5. The summed E-state index contributed by atoms with van der Waals surface area (Å²) in [5.74, 6) is 1.58. The van der Waals surface area contributed by atoms with Gasteiger partial charge >= 0.3 is 6.03 Å². The maximum atomic E-state index is 10.7. The fraction of sp³-hybridized carbons (Fsp3) is 0.438. The van der Waals surface area contributed by atoms with Crippen molar-refractivity contribution in [1.82, 2.24) is 15.3 Å². The van der Waals surface area contributed by atoms with Crippen molar-refractivity contribution >= 4 is 22.8 Å². The van der Waals surface area contributed by atoms with Crippen LogP contribution in [0.2, 0.25) is 0 Å². The highest BCUT2D eigenvalue weighted by molar-refractivity contribution is 5.90. The normalized spacial score (nSPS) is 14.9. The van der Waals surface area contributed by atoms with Gasteiger partial charge in [-0.05, 0) is 49.4 Å². The molecule has 1 fully saturated rings. The number of amides is 2. The van der Waals surface area contributed by atoms with E-state index in [1.54, 1.807) is 6.33 Å². The molecule has 1 saturated heterocycles. The number of aromatic nitrogens is 2. The Morgan fingerprint density at radius 3 is 2.77 bits per heavy atom. The molecule has 6 nitrogen and oxygen atoms in total. The van der Waals surface area contributed by atoms with Gasteiger partial charge in [-0.25, -0.2) is 14.8 Å². The van der Waals surface area contributed by atoms with Crippen LogP contribution in [0.5, 0.6) is 0 Å². The maximum absolute atomic E-state index is 10.7. The maximum Gasteiger partial charge on any atom is 0.312 e. The molecule has 116 valence electrons. The Hall–Kier alpha value is -2.37.